The highest BCUT2D eigenvalue weighted by atomic mass is 32.1. The normalized spacial score (nSPS) is 26.0. The molecule has 2 unspecified atom stereocenters. The summed E-state index contributed by atoms with van der Waals surface area (Å²) in [7, 11) is 0. The first kappa shape index (κ1) is 9.38. The minimum absolute atomic E-state index is 0.0145. The molecule has 1 saturated heterocycles. The smallest absolute Gasteiger partial charge is 0.326 e. The molecule has 1 aliphatic rings. The van der Waals surface area contributed by atoms with Crippen LogP contribution in [0.25, 0.3) is 0 Å². The maximum atomic E-state index is 11.1. The SMILES string of the molecule is CC(C(=O)O)N1CC(S)CC1=O. The number of amides is 1. The number of carboxylic acid groups (broad SMARTS) is 1. The number of thiol groups is 1. The number of carbonyl (C=O) groups is 2. The number of carboxylic acids is 1. The molecule has 1 amide bonds. The van der Waals surface area contributed by atoms with E-state index < -0.39 is 12.0 Å². The van der Waals surface area contributed by atoms with Gasteiger partial charge in [-0.1, -0.05) is 0 Å². The number of nitrogens with zero attached hydrogens (tertiary/aromatic N) is 1. The fourth-order valence-electron chi connectivity index (χ4n) is 1.22. The third-order valence-corrected chi connectivity index (χ3v) is 2.31. The minimum atomic E-state index is -0.967. The average Bonchev–Trinajstić information content (AvgIpc) is 2.28. The van der Waals surface area contributed by atoms with Crippen LogP contribution < -0.4 is 0 Å². The van der Waals surface area contributed by atoms with E-state index in [-0.39, 0.29) is 11.2 Å². The van der Waals surface area contributed by atoms with Gasteiger partial charge in [-0.15, -0.1) is 0 Å². The Balaban J connectivity index is 2.64. The summed E-state index contributed by atoms with van der Waals surface area (Å²) >= 11 is 4.12. The van der Waals surface area contributed by atoms with E-state index >= 15 is 0 Å². The first-order chi connectivity index (χ1) is 5.52. The van der Waals surface area contributed by atoms with Crippen LogP contribution in [0.3, 0.4) is 0 Å². The Labute approximate surface area is 76.0 Å². The summed E-state index contributed by atoms with van der Waals surface area (Å²) in [6.45, 7) is 1.95. The van der Waals surface area contributed by atoms with Crippen molar-refractivity contribution in [3.63, 3.8) is 0 Å². The van der Waals surface area contributed by atoms with Gasteiger partial charge < -0.3 is 10.0 Å². The van der Waals surface area contributed by atoms with Crippen molar-refractivity contribution in [3.8, 4) is 0 Å². The molecule has 0 radical (unpaired) electrons. The molecule has 0 spiro atoms. The third-order valence-electron chi connectivity index (χ3n) is 1.96. The number of hydrogen-bond acceptors (Lipinski definition) is 3. The number of rotatable bonds is 2. The lowest BCUT2D eigenvalue weighted by atomic mass is 10.3. The number of aliphatic carboxylic acids is 1. The highest BCUT2D eigenvalue weighted by Crippen LogP contribution is 2.18. The van der Waals surface area contributed by atoms with Gasteiger partial charge >= 0.3 is 5.97 Å². The summed E-state index contributed by atoms with van der Waals surface area (Å²) < 4.78 is 0. The van der Waals surface area contributed by atoms with E-state index in [9.17, 15) is 9.59 Å². The number of likely N-dealkylation sites (tertiary alicyclic amines) is 1. The van der Waals surface area contributed by atoms with Gasteiger partial charge in [0.1, 0.15) is 6.04 Å². The Morgan fingerprint density at radius 3 is 2.75 bits per heavy atom. The van der Waals surface area contributed by atoms with Crippen molar-refractivity contribution in [1.82, 2.24) is 4.90 Å². The molecule has 0 aromatic carbocycles. The molecule has 1 N–H and O–H groups in total. The first-order valence-electron chi connectivity index (χ1n) is 3.72. The largest absolute Gasteiger partial charge is 0.480 e. The van der Waals surface area contributed by atoms with Crippen molar-refractivity contribution in [3.05, 3.63) is 0 Å². The zero-order chi connectivity index (χ0) is 9.30. The molecule has 4 nitrogen and oxygen atoms in total. The van der Waals surface area contributed by atoms with Crippen LogP contribution in [0, 0.1) is 0 Å². The van der Waals surface area contributed by atoms with Crippen LogP contribution in [-0.4, -0.2) is 39.7 Å². The van der Waals surface area contributed by atoms with Crippen molar-refractivity contribution < 1.29 is 14.7 Å². The molecule has 0 aromatic heterocycles. The van der Waals surface area contributed by atoms with E-state index in [1.165, 1.54) is 11.8 Å². The van der Waals surface area contributed by atoms with E-state index in [1.807, 2.05) is 0 Å². The van der Waals surface area contributed by atoms with E-state index in [0.29, 0.717) is 13.0 Å². The van der Waals surface area contributed by atoms with E-state index in [1.54, 1.807) is 0 Å². The van der Waals surface area contributed by atoms with E-state index in [4.69, 9.17) is 5.11 Å². The third kappa shape index (κ3) is 1.72. The lowest BCUT2D eigenvalue weighted by molar-refractivity contribution is -0.147. The molecule has 1 fully saturated rings. The number of hydrogen-bond donors (Lipinski definition) is 2. The van der Waals surface area contributed by atoms with Crippen LogP contribution in [0.1, 0.15) is 13.3 Å². The molecule has 1 aliphatic heterocycles. The Hall–Kier alpha value is -0.710. The molecule has 0 aromatic rings. The Morgan fingerprint density at radius 1 is 1.83 bits per heavy atom. The molecule has 5 heteroatoms. The van der Waals surface area contributed by atoms with Crippen LogP contribution in [0.4, 0.5) is 0 Å². The maximum Gasteiger partial charge on any atom is 0.326 e. The van der Waals surface area contributed by atoms with Crippen LogP contribution in [-0.2, 0) is 9.59 Å². The molecule has 1 rings (SSSR count). The summed E-state index contributed by atoms with van der Waals surface area (Å²) in [6, 6.07) is -0.727. The van der Waals surface area contributed by atoms with Gasteiger partial charge in [0.15, 0.2) is 0 Å². The van der Waals surface area contributed by atoms with E-state index in [2.05, 4.69) is 12.6 Å². The molecule has 0 saturated carbocycles. The molecule has 0 bridgehead atoms. The topological polar surface area (TPSA) is 57.6 Å². The van der Waals surface area contributed by atoms with Gasteiger partial charge in [-0.25, -0.2) is 4.79 Å². The fourth-order valence-corrected chi connectivity index (χ4v) is 1.55. The molecule has 12 heavy (non-hydrogen) atoms. The highest BCUT2D eigenvalue weighted by molar-refractivity contribution is 7.81. The fraction of sp³-hybridized carbons (Fsp3) is 0.714. The predicted molar refractivity (Wildman–Crippen MR) is 46.2 cm³/mol. The van der Waals surface area contributed by atoms with Crippen LogP contribution in [0.5, 0.6) is 0 Å². The zero-order valence-electron chi connectivity index (χ0n) is 6.73. The maximum absolute atomic E-state index is 11.1. The summed E-state index contributed by atoms with van der Waals surface area (Å²) in [5, 5.41) is 8.61. The predicted octanol–water partition coefficient (Wildman–Crippen LogP) is -0.00980. The van der Waals surface area contributed by atoms with Gasteiger partial charge in [0.25, 0.3) is 0 Å². The second-order valence-corrected chi connectivity index (χ2v) is 3.65. The quantitative estimate of drug-likeness (QED) is 0.601. The van der Waals surface area contributed by atoms with Crippen LogP contribution >= 0.6 is 12.6 Å². The highest BCUT2D eigenvalue weighted by Gasteiger charge is 2.33. The van der Waals surface area contributed by atoms with Crippen molar-refractivity contribution in [1.29, 1.82) is 0 Å². The first-order valence-corrected chi connectivity index (χ1v) is 4.24. The average molecular weight is 189 g/mol. The van der Waals surface area contributed by atoms with Gasteiger partial charge in [0.05, 0.1) is 0 Å². The lowest BCUT2D eigenvalue weighted by Gasteiger charge is -2.20. The molecular weight excluding hydrogens is 178 g/mol. The summed E-state index contributed by atoms with van der Waals surface area (Å²) in [4.78, 5) is 23.0. The Morgan fingerprint density at radius 2 is 2.42 bits per heavy atom. The van der Waals surface area contributed by atoms with Crippen LogP contribution in [0.15, 0.2) is 0 Å². The summed E-state index contributed by atoms with van der Waals surface area (Å²) in [5.41, 5.74) is 0. The van der Waals surface area contributed by atoms with Crippen molar-refractivity contribution >= 4 is 24.5 Å². The van der Waals surface area contributed by atoms with Gasteiger partial charge in [-0.2, -0.15) is 12.6 Å². The van der Waals surface area contributed by atoms with Gasteiger partial charge in [-0.05, 0) is 6.92 Å². The monoisotopic (exact) mass is 189 g/mol. The van der Waals surface area contributed by atoms with E-state index in [0.717, 1.165) is 0 Å². The summed E-state index contributed by atoms with van der Waals surface area (Å²) in [6.07, 6.45) is 0.348. The minimum Gasteiger partial charge on any atom is -0.480 e. The molecule has 1 heterocycles. The summed E-state index contributed by atoms with van der Waals surface area (Å²) in [5.74, 6) is -1.09. The van der Waals surface area contributed by atoms with Gasteiger partial charge in [0.2, 0.25) is 5.91 Å². The number of carbonyl (C=O) groups excluding carboxylic acids is 1. The van der Waals surface area contributed by atoms with Gasteiger partial charge in [-0.3, -0.25) is 4.79 Å². The van der Waals surface area contributed by atoms with Crippen molar-refractivity contribution in [2.24, 2.45) is 0 Å². The Kier molecular flexibility index (Phi) is 2.62. The molecular formula is C7H11NO3S. The van der Waals surface area contributed by atoms with Crippen molar-refractivity contribution in [2.45, 2.75) is 24.6 Å². The second kappa shape index (κ2) is 3.35. The van der Waals surface area contributed by atoms with Gasteiger partial charge in [0, 0.05) is 18.2 Å². The lowest BCUT2D eigenvalue weighted by Crippen LogP contribution is -2.40. The van der Waals surface area contributed by atoms with Crippen LogP contribution in [0.2, 0.25) is 0 Å². The second-order valence-electron chi connectivity index (χ2n) is 2.92. The molecule has 68 valence electrons. The van der Waals surface area contributed by atoms with Crippen molar-refractivity contribution in [2.75, 3.05) is 6.54 Å². The standard InChI is InChI=1S/C7H11NO3S/c1-4(7(10)11)8-3-5(12)2-6(8)9/h4-5,12H,2-3H2,1H3,(H,10,11). The zero-order valence-corrected chi connectivity index (χ0v) is 7.62. The molecule has 2 atom stereocenters. The Bertz CT molecular complexity index is 219. The molecule has 0 aliphatic carbocycles.